The highest BCUT2D eigenvalue weighted by Gasteiger charge is 2.19. The zero-order valence-electron chi connectivity index (χ0n) is 12.6. The molecule has 0 spiro atoms. The Kier molecular flexibility index (Phi) is 11.0. The monoisotopic (exact) mass is 243 g/mol. The van der Waals surface area contributed by atoms with Crippen LogP contribution in [0.3, 0.4) is 0 Å². The first-order chi connectivity index (χ1) is 8.15. The Hall–Kier alpha value is -0.0800. The lowest BCUT2D eigenvalue weighted by atomic mass is 9.97. The van der Waals surface area contributed by atoms with Gasteiger partial charge in [0.25, 0.3) is 0 Å². The highest BCUT2D eigenvalue weighted by Crippen LogP contribution is 2.15. The van der Waals surface area contributed by atoms with Gasteiger partial charge < -0.3 is 10.1 Å². The van der Waals surface area contributed by atoms with Crippen LogP contribution in [0.15, 0.2) is 0 Å². The molecule has 2 heteroatoms. The average molecular weight is 243 g/mol. The molecule has 2 atom stereocenters. The molecule has 0 saturated carbocycles. The van der Waals surface area contributed by atoms with Crippen molar-refractivity contribution in [3.8, 4) is 0 Å². The summed E-state index contributed by atoms with van der Waals surface area (Å²) in [6.07, 6.45) is 6.66. The van der Waals surface area contributed by atoms with E-state index < -0.39 is 0 Å². The average Bonchev–Trinajstić information content (AvgIpc) is 2.27. The van der Waals surface area contributed by atoms with E-state index >= 15 is 0 Å². The quantitative estimate of drug-likeness (QED) is 0.592. The molecule has 0 fully saturated rings. The number of hydrogen-bond donors (Lipinski definition) is 1. The minimum Gasteiger partial charge on any atom is -0.377 e. The van der Waals surface area contributed by atoms with Crippen molar-refractivity contribution in [2.45, 2.75) is 78.9 Å². The van der Waals surface area contributed by atoms with Gasteiger partial charge in [-0.25, -0.2) is 0 Å². The first-order valence-corrected chi connectivity index (χ1v) is 7.50. The van der Waals surface area contributed by atoms with Gasteiger partial charge >= 0.3 is 0 Å². The predicted octanol–water partition coefficient (Wildman–Crippen LogP) is 4.00. The van der Waals surface area contributed by atoms with Crippen LogP contribution in [0.1, 0.15) is 66.7 Å². The van der Waals surface area contributed by atoms with Crippen molar-refractivity contribution in [1.82, 2.24) is 5.32 Å². The second-order valence-corrected chi connectivity index (χ2v) is 5.27. The van der Waals surface area contributed by atoms with Crippen molar-refractivity contribution < 1.29 is 4.74 Å². The largest absolute Gasteiger partial charge is 0.377 e. The van der Waals surface area contributed by atoms with E-state index in [0.29, 0.717) is 12.1 Å². The minimum atomic E-state index is 0.400. The molecule has 0 aliphatic rings. The second-order valence-electron chi connectivity index (χ2n) is 5.27. The van der Waals surface area contributed by atoms with E-state index in [4.69, 9.17) is 4.74 Å². The van der Waals surface area contributed by atoms with Crippen molar-refractivity contribution in [3.63, 3.8) is 0 Å². The Labute approximate surface area is 109 Å². The Morgan fingerprint density at radius 2 is 1.71 bits per heavy atom. The van der Waals surface area contributed by atoms with Crippen LogP contribution in [0.4, 0.5) is 0 Å². The van der Waals surface area contributed by atoms with Crippen LogP contribution < -0.4 is 5.32 Å². The molecule has 17 heavy (non-hydrogen) atoms. The Morgan fingerprint density at radius 3 is 2.18 bits per heavy atom. The zero-order chi connectivity index (χ0) is 13.1. The van der Waals surface area contributed by atoms with E-state index in [0.717, 1.165) is 19.1 Å². The summed E-state index contributed by atoms with van der Waals surface area (Å²) in [6, 6.07) is 0.540. The van der Waals surface area contributed by atoms with Gasteiger partial charge in [-0.15, -0.1) is 0 Å². The summed E-state index contributed by atoms with van der Waals surface area (Å²) in [4.78, 5) is 0. The Bertz CT molecular complexity index is 153. The highest BCUT2D eigenvalue weighted by atomic mass is 16.5. The van der Waals surface area contributed by atoms with Crippen molar-refractivity contribution in [3.05, 3.63) is 0 Å². The zero-order valence-corrected chi connectivity index (χ0v) is 12.6. The molecule has 0 aliphatic carbocycles. The van der Waals surface area contributed by atoms with E-state index in [-0.39, 0.29) is 0 Å². The first-order valence-electron chi connectivity index (χ1n) is 7.50. The van der Waals surface area contributed by atoms with Crippen molar-refractivity contribution >= 4 is 0 Å². The van der Waals surface area contributed by atoms with Gasteiger partial charge in [0.15, 0.2) is 0 Å². The Balaban J connectivity index is 4.13. The van der Waals surface area contributed by atoms with Crippen molar-refractivity contribution in [1.29, 1.82) is 0 Å². The fraction of sp³-hybridized carbons (Fsp3) is 1.00. The van der Waals surface area contributed by atoms with Crippen LogP contribution in [0.25, 0.3) is 0 Å². The van der Waals surface area contributed by atoms with Gasteiger partial charge in [-0.1, -0.05) is 47.0 Å². The second kappa shape index (κ2) is 11.0. The number of ether oxygens (including phenoxy) is 1. The summed E-state index contributed by atoms with van der Waals surface area (Å²) in [5, 5.41) is 3.60. The van der Waals surface area contributed by atoms with E-state index in [2.05, 4.69) is 39.9 Å². The fourth-order valence-corrected chi connectivity index (χ4v) is 2.33. The van der Waals surface area contributed by atoms with E-state index in [9.17, 15) is 0 Å². The van der Waals surface area contributed by atoms with Crippen LogP contribution in [-0.2, 0) is 4.74 Å². The molecule has 0 aliphatic heterocycles. The topological polar surface area (TPSA) is 21.3 Å². The van der Waals surface area contributed by atoms with Gasteiger partial charge in [0.2, 0.25) is 0 Å². The van der Waals surface area contributed by atoms with Crippen LogP contribution in [-0.4, -0.2) is 25.3 Å². The van der Waals surface area contributed by atoms with Crippen molar-refractivity contribution in [2.75, 3.05) is 13.2 Å². The molecule has 0 rings (SSSR count). The predicted molar refractivity (Wildman–Crippen MR) is 76.5 cm³/mol. The third-order valence-corrected chi connectivity index (χ3v) is 3.17. The molecule has 0 radical (unpaired) electrons. The SMILES string of the molecule is CCCC(OCC)C(CCCC(C)C)NCC. The Morgan fingerprint density at radius 1 is 1.00 bits per heavy atom. The highest BCUT2D eigenvalue weighted by molar-refractivity contribution is 4.77. The normalized spacial score (nSPS) is 15.2. The fourth-order valence-electron chi connectivity index (χ4n) is 2.33. The third kappa shape index (κ3) is 8.62. The van der Waals surface area contributed by atoms with Gasteiger partial charge in [-0.3, -0.25) is 0 Å². The maximum atomic E-state index is 5.89. The van der Waals surface area contributed by atoms with Gasteiger partial charge in [0, 0.05) is 12.6 Å². The summed E-state index contributed by atoms with van der Waals surface area (Å²) in [7, 11) is 0. The lowest BCUT2D eigenvalue weighted by Gasteiger charge is -2.28. The molecule has 2 nitrogen and oxygen atoms in total. The van der Waals surface area contributed by atoms with Gasteiger partial charge in [-0.2, -0.15) is 0 Å². The minimum absolute atomic E-state index is 0.400. The lowest BCUT2D eigenvalue weighted by molar-refractivity contribution is 0.0255. The van der Waals surface area contributed by atoms with Gasteiger partial charge in [0.1, 0.15) is 0 Å². The summed E-state index contributed by atoms with van der Waals surface area (Å²) in [6.45, 7) is 13.0. The molecule has 0 heterocycles. The molecule has 1 N–H and O–H groups in total. The lowest BCUT2D eigenvalue weighted by Crippen LogP contribution is -2.41. The summed E-state index contributed by atoms with van der Waals surface area (Å²) >= 11 is 0. The van der Waals surface area contributed by atoms with E-state index in [1.807, 2.05) is 0 Å². The summed E-state index contributed by atoms with van der Waals surface area (Å²) < 4.78 is 5.89. The van der Waals surface area contributed by atoms with Gasteiger partial charge in [0.05, 0.1) is 6.10 Å². The number of likely N-dealkylation sites (N-methyl/N-ethyl adjacent to an activating group) is 1. The summed E-state index contributed by atoms with van der Waals surface area (Å²) in [5.41, 5.74) is 0. The molecule has 104 valence electrons. The number of rotatable bonds is 11. The molecular formula is C15H33NO. The molecule has 2 unspecified atom stereocenters. The maximum Gasteiger partial charge on any atom is 0.0727 e. The van der Waals surface area contributed by atoms with Gasteiger partial charge in [-0.05, 0) is 32.2 Å². The first kappa shape index (κ1) is 16.9. The van der Waals surface area contributed by atoms with E-state index in [1.54, 1.807) is 0 Å². The van der Waals surface area contributed by atoms with Crippen LogP contribution in [0.5, 0.6) is 0 Å². The number of hydrogen-bond acceptors (Lipinski definition) is 2. The van der Waals surface area contributed by atoms with E-state index in [1.165, 1.54) is 32.1 Å². The molecule has 0 aromatic carbocycles. The smallest absolute Gasteiger partial charge is 0.0727 e. The molecule has 0 saturated heterocycles. The van der Waals surface area contributed by atoms with Crippen LogP contribution in [0, 0.1) is 5.92 Å². The van der Waals surface area contributed by atoms with Crippen LogP contribution >= 0.6 is 0 Å². The summed E-state index contributed by atoms with van der Waals surface area (Å²) in [5.74, 6) is 0.814. The van der Waals surface area contributed by atoms with Crippen molar-refractivity contribution in [2.24, 2.45) is 5.92 Å². The molecule has 0 aromatic heterocycles. The molecule has 0 amide bonds. The standard InChI is InChI=1S/C15H33NO/c1-6-10-15(17-8-3)14(16-7-2)12-9-11-13(4)5/h13-16H,6-12H2,1-5H3. The molecular weight excluding hydrogens is 210 g/mol. The van der Waals surface area contributed by atoms with Crippen LogP contribution in [0.2, 0.25) is 0 Å². The molecule has 0 aromatic rings. The third-order valence-electron chi connectivity index (χ3n) is 3.17. The molecule has 0 bridgehead atoms. The maximum absolute atomic E-state index is 5.89. The number of nitrogens with one attached hydrogen (secondary N) is 1.